The van der Waals surface area contributed by atoms with Gasteiger partial charge in [0.25, 0.3) is 0 Å². The number of hydrogen-bond donors (Lipinski definition) is 3. The first-order valence-corrected chi connectivity index (χ1v) is 7.30. The number of aliphatic carboxylic acids is 1. The summed E-state index contributed by atoms with van der Waals surface area (Å²) in [6.45, 7) is 3.01. The highest BCUT2D eigenvalue weighted by Crippen LogP contribution is 2.32. The van der Waals surface area contributed by atoms with E-state index >= 15 is 0 Å². The Labute approximate surface area is 114 Å². The minimum absolute atomic E-state index is 0.129. The number of rotatable bonds is 4. The van der Waals surface area contributed by atoms with Crippen molar-refractivity contribution in [3.05, 3.63) is 0 Å². The van der Waals surface area contributed by atoms with Crippen LogP contribution in [0.1, 0.15) is 51.9 Å². The molecule has 2 rings (SSSR count). The highest BCUT2D eigenvalue weighted by Gasteiger charge is 2.43. The van der Waals surface area contributed by atoms with E-state index in [0.29, 0.717) is 25.2 Å². The van der Waals surface area contributed by atoms with E-state index in [-0.39, 0.29) is 11.9 Å². The second-order valence-electron chi connectivity index (χ2n) is 6.13. The Balaban J connectivity index is 1.95. The first-order valence-electron chi connectivity index (χ1n) is 7.30. The van der Waals surface area contributed by atoms with Crippen molar-refractivity contribution in [2.24, 2.45) is 5.92 Å². The zero-order valence-electron chi connectivity index (χ0n) is 11.6. The quantitative estimate of drug-likeness (QED) is 0.717. The maximum atomic E-state index is 12.1. The molecule has 19 heavy (non-hydrogen) atoms. The molecule has 3 unspecified atom stereocenters. The van der Waals surface area contributed by atoms with Crippen molar-refractivity contribution in [1.82, 2.24) is 10.6 Å². The van der Waals surface area contributed by atoms with Gasteiger partial charge in [0.2, 0.25) is 5.91 Å². The van der Waals surface area contributed by atoms with Crippen LogP contribution in [0.15, 0.2) is 0 Å². The van der Waals surface area contributed by atoms with Crippen LogP contribution in [0.2, 0.25) is 0 Å². The van der Waals surface area contributed by atoms with E-state index in [0.717, 1.165) is 32.2 Å². The summed E-state index contributed by atoms with van der Waals surface area (Å²) in [5.41, 5.74) is -1.03. The normalized spacial score (nSPS) is 35.0. The Morgan fingerprint density at radius 2 is 2.16 bits per heavy atom. The van der Waals surface area contributed by atoms with Gasteiger partial charge >= 0.3 is 5.97 Å². The summed E-state index contributed by atoms with van der Waals surface area (Å²) in [6.07, 6.45) is 5.51. The predicted molar refractivity (Wildman–Crippen MR) is 71.8 cm³/mol. The number of nitrogens with one attached hydrogen (secondary N) is 2. The SMILES string of the molecule is CC1CCCC(NC(=O)CC2CCCN2)(C(=O)O)C1. The van der Waals surface area contributed by atoms with Gasteiger partial charge in [0.05, 0.1) is 0 Å². The molecular weight excluding hydrogens is 244 g/mol. The zero-order chi connectivity index (χ0) is 13.9. The molecule has 108 valence electrons. The maximum absolute atomic E-state index is 12.1. The molecule has 0 aromatic carbocycles. The fraction of sp³-hybridized carbons (Fsp3) is 0.857. The molecule has 2 aliphatic rings. The van der Waals surface area contributed by atoms with Crippen molar-refractivity contribution < 1.29 is 14.7 Å². The molecule has 3 N–H and O–H groups in total. The van der Waals surface area contributed by atoms with Gasteiger partial charge < -0.3 is 15.7 Å². The first-order chi connectivity index (χ1) is 9.02. The molecule has 1 heterocycles. The predicted octanol–water partition coefficient (Wildman–Crippen LogP) is 1.28. The fourth-order valence-corrected chi connectivity index (χ4v) is 3.39. The molecule has 1 saturated heterocycles. The Bertz CT molecular complexity index is 353. The third-order valence-electron chi connectivity index (χ3n) is 4.38. The van der Waals surface area contributed by atoms with Gasteiger partial charge in [0, 0.05) is 12.5 Å². The van der Waals surface area contributed by atoms with E-state index in [4.69, 9.17) is 0 Å². The maximum Gasteiger partial charge on any atom is 0.329 e. The van der Waals surface area contributed by atoms with E-state index in [1.165, 1.54) is 0 Å². The summed E-state index contributed by atoms with van der Waals surface area (Å²) in [4.78, 5) is 23.6. The summed E-state index contributed by atoms with van der Waals surface area (Å²) >= 11 is 0. The molecule has 0 radical (unpaired) electrons. The minimum Gasteiger partial charge on any atom is -0.480 e. The Morgan fingerprint density at radius 1 is 1.37 bits per heavy atom. The lowest BCUT2D eigenvalue weighted by Gasteiger charge is -2.37. The molecule has 0 bridgehead atoms. The van der Waals surface area contributed by atoms with Crippen molar-refractivity contribution in [2.75, 3.05) is 6.54 Å². The molecule has 1 aliphatic carbocycles. The van der Waals surface area contributed by atoms with Gasteiger partial charge in [0.1, 0.15) is 5.54 Å². The molecule has 5 nitrogen and oxygen atoms in total. The summed E-state index contributed by atoms with van der Waals surface area (Å²) in [7, 11) is 0. The van der Waals surface area contributed by atoms with E-state index in [1.54, 1.807) is 0 Å². The molecule has 0 spiro atoms. The molecule has 2 fully saturated rings. The van der Waals surface area contributed by atoms with Crippen LogP contribution in [0.3, 0.4) is 0 Å². The van der Waals surface area contributed by atoms with Gasteiger partial charge in [-0.1, -0.05) is 19.8 Å². The lowest BCUT2D eigenvalue weighted by molar-refractivity contribution is -0.150. The van der Waals surface area contributed by atoms with Gasteiger partial charge in [-0.05, 0) is 38.1 Å². The van der Waals surface area contributed by atoms with Crippen LogP contribution in [0.5, 0.6) is 0 Å². The van der Waals surface area contributed by atoms with Crippen LogP contribution in [0, 0.1) is 5.92 Å². The lowest BCUT2D eigenvalue weighted by atomic mass is 9.76. The topological polar surface area (TPSA) is 78.4 Å². The second-order valence-corrected chi connectivity index (χ2v) is 6.13. The summed E-state index contributed by atoms with van der Waals surface area (Å²) in [5, 5.41) is 15.6. The smallest absolute Gasteiger partial charge is 0.329 e. The molecule has 1 aliphatic heterocycles. The van der Waals surface area contributed by atoms with Gasteiger partial charge in [-0.25, -0.2) is 4.79 Å². The third-order valence-corrected chi connectivity index (χ3v) is 4.38. The Kier molecular flexibility index (Phi) is 4.45. The van der Waals surface area contributed by atoms with Crippen molar-refractivity contribution in [3.8, 4) is 0 Å². The third kappa shape index (κ3) is 3.47. The van der Waals surface area contributed by atoms with Crippen LogP contribution in [0.4, 0.5) is 0 Å². The number of carbonyl (C=O) groups excluding carboxylic acids is 1. The van der Waals surface area contributed by atoms with Crippen molar-refractivity contribution >= 4 is 11.9 Å². The monoisotopic (exact) mass is 268 g/mol. The van der Waals surface area contributed by atoms with Crippen molar-refractivity contribution in [1.29, 1.82) is 0 Å². The van der Waals surface area contributed by atoms with Crippen LogP contribution < -0.4 is 10.6 Å². The van der Waals surface area contributed by atoms with Crippen LogP contribution in [0.25, 0.3) is 0 Å². The largest absolute Gasteiger partial charge is 0.480 e. The molecule has 1 amide bonds. The fourth-order valence-electron chi connectivity index (χ4n) is 3.39. The molecule has 0 aromatic rings. The summed E-state index contributed by atoms with van der Waals surface area (Å²) in [5.74, 6) is -0.655. The van der Waals surface area contributed by atoms with E-state index in [9.17, 15) is 14.7 Å². The van der Waals surface area contributed by atoms with Crippen molar-refractivity contribution in [3.63, 3.8) is 0 Å². The van der Waals surface area contributed by atoms with Gasteiger partial charge in [-0.3, -0.25) is 4.79 Å². The number of carboxylic acid groups (broad SMARTS) is 1. The molecule has 0 aromatic heterocycles. The molecule has 5 heteroatoms. The van der Waals surface area contributed by atoms with Crippen LogP contribution in [-0.4, -0.2) is 35.1 Å². The van der Waals surface area contributed by atoms with Crippen LogP contribution >= 0.6 is 0 Å². The zero-order valence-corrected chi connectivity index (χ0v) is 11.6. The summed E-state index contributed by atoms with van der Waals surface area (Å²) < 4.78 is 0. The average molecular weight is 268 g/mol. The molecule has 3 atom stereocenters. The van der Waals surface area contributed by atoms with E-state index in [1.807, 2.05) is 0 Å². The van der Waals surface area contributed by atoms with Gasteiger partial charge in [0.15, 0.2) is 0 Å². The highest BCUT2D eigenvalue weighted by molar-refractivity contribution is 5.87. The van der Waals surface area contributed by atoms with E-state index < -0.39 is 11.5 Å². The number of amides is 1. The van der Waals surface area contributed by atoms with Gasteiger partial charge in [-0.2, -0.15) is 0 Å². The van der Waals surface area contributed by atoms with E-state index in [2.05, 4.69) is 17.6 Å². The number of hydrogen-bond acceptors (Lipinski definition) is 3. The average Bonchev–Trinajstić information content (AvgIpc) is 2.81. The molecular formula is C14H24N2O3. The number of carboxylic acids is 1. The Morgan fingerprint density at radius 3 is 2.74 bits per heavy atom. The molecule has 1 saturated carbocycles. The van der Waals surface area contributed by atoms with Gasteiger partial charge in [-0.15, -0.1) is 0 Å². The lowest BCUT2D eigenvalue weighted by Crippen LogP contribution is -2.57. The van der Waals surface area contributed by atoms with Crippen LogP contribution in [-0.2, 0) is 9.59 Å². The highest BCUT2D eigenvalue weighted by atomic mass is 16.4. The second kappa shape index (κ2) is 5.90. The Hall–Kier alpha value is -1.10. The minimum atomic E-state index is -1.03. The number of carbonyl (C=O) groups is 2. The standard InChI is InChI=1S/C14H24N2O3/c1-10-4-2-6-14(9-10,13(18)19)16-12(17)8-11-5-3-7-15-11/h10-11,15H,2-9H2,1H3,(H,16,17)(H,18,19). The van der Waals surface area contributed by atoms with Crippen molar-refractivity contribution in [2.45, 2.75) is 63.5 Å². The summed E-state index contributed by atoms with van der Waals surface area (Å²) in [6, 6.07) is 0.215. The first kappa shape index (κ1) is 14.3.